The molecule has 25 heavy (non-hydrogen) atoms. The van der Waals surface area contributed by atoms with Crippen LogP contribution in [0.5, 0.6) is 0 Å². The summed E-state index contributed by atoms with van der Waals surface area (Å²) in [7, 11) is 0. The van der Waals surface area contributed by atoms with Gasteiger partial charge in [-0.25, -0.2) is 4.79 Å². The number of rotatable bonds is 4. The summed E-state index contributed by atoms with van der Waals surface area (Å²) in [6.45, 7) is 1.33. The maximum absolute atomic E-state index is 12.7. The van der Waals surface area contributed by atoms with Gasteiger partial charge in [-0.3, -0.25) is 4.79 Å². The predicted molar refractivity (Wildman–Crippen MR) is 89.1 cm³/mol. The van der Waals surface area contributed by atoms with Crippen molar-refractivity contribution >= 4 is 33.5 Å². The van der Waals surface area contributed by atoms with Crippen molar-refractivity contribution < 1.29 is 27.5 Å². The summed E-state index contributed by atoms with van der Waals surface area (Å²) in [6, 6.07) is 10.7. The van der Waals surface area contributed by atoms with E-state index in [0.717, 1.165) is 12.1 Å². The second kappa shape index (κ2) is 7.69. The number of alkyl halides is 3. The van der Waals surface area contributed by atoms with Crippen LogP contribution >= 0.6 is 15.9 Å². The van der Waals surface area contributed by atoms with Gasteiger partial charge in [0.1, 0.15) is 0 Å². The summed E-state index contributed by atoms with van der Waals surface area (Å²) in [5.41, 5.74) is -0.687. The van der Waals surface area contributed by atoms with Crippen LogP contribution < -0.4 is 5.32 Å². The molecule has 0 radical (unpaired) electrons. The van der Waals surface area contributed by atoms with Crippen molar-refractivity contribution in [2.24, 2.45) is 0 Å². The third-order valence-electron chi connectivity index (χ3n) is 3.20. The van der Waals surface area contributed by atoms with Crippen LogP contribution in [0.15, 0.2) is 53.0 Å². The van der Waals surface area contributed by atoms with Gasteiger partial charge in [0.15, 0.2) is 6.10 Å². The van der Waals surface area contributed by atoms with Crippen molar-refractivity contribution in [2.75, 3.05) is 5.32 Å². The summed E-state index contributed by atoms with van der Waals surface area (Å²) in [5, 5.41) is 2.30. The van der Waals surface area contributed by atoms with E-state index >= 15 is 0 Å². The van der Waals surface area contributed by atoms with Crippen LogP contribution in [0.25, 0.3) is 0 Å². The number of benzene rings is 2. The Hall–Kier alpha value is -2.35. The van der Waals surface area contributed by atoms with E-state index in [4.69, 9.17) is 4.74 Å². The molecule has 0 saturated carbocycles. The molecule has 4 nitrogen and oxygen atoms in total. The molecule has 8 heteroatoms. The maximum Gasteiger partial charge on any atom is 0.416 e. The minimum atomic E-state index is -4.52. The lowest BCUT2D eigenvalue weighted by molar-refractivity contribution is -0.137. The molecule has 0 bridgehead atoms. The normalized spacial score (nSPS) is 12.4. The molecular weight excluding hydrogens is 403 g/mol. The SMILES string of the molecule is CC(OC(=O)c1ccccc1Br)C(=O)Nc1cccc(C(F)(F)F)c1. The van der Waals surface area contributed by atoms with Crippen LogP contribution in [-0.4, -0.2) is 18.0 Å². The largest absolute Gasteiger partial charge is 0.449 e. The molecule has 0 heterocycles. The monoisotopic (exact) mass is 415 g/mol. The van der Waals surface area contributed by atoms with Gasteiger partial charge in [-0.2, -0.15) is 13.2 Å². The predicted octanol–water partition coefficient (Wildman–Crippen LogP) is 4.65. The van der Waals surface area contributed by atoms with Crippen molar-refractivity contribution in [1.82, 2.24) is 0 Å². The first-order valence-electron chi connectivity index (χ1n) is 7.12. The highest BCUT2D eigenvalue weighted by Gasteiger charge is 2.30. The highest BCUT2D eigenvalue weighted by Crippen LogP contribution is 2.30. The van der Waals surface area contributed by atoms with Crippen LogP contribution in [0.2, 0.25) is 0 Å². The van der Waals surface area contributed by atoms with E-state index in [1.807, 2.05) is 0 Å². The van der Waals surface area contributed by atoms with Crippen LogP contribution in [0.1, 0.15) is 22.8 Å². The van der Waals surface area contributed by atoms with Crippen molar-refractivity contribution in [2.45, 2.75) is 19.2 Å². The highest BCUT2D eigenvalue weighted by atomic mass is 79.9. The summed E-state index contributed by atoms with van der Waals surface area (Å²) < 4.78 is 43.6. The van der Waals surface area contributed by atoms with Gasteiger partial charge in [-0.05, 0) is 53.2 Å². The van der Waals surface area contributed by atoms with Crippen LogP contribution in [0.4, 0.5) is 18.9 Å². The fraction of sp³-hybridized carbons (Fsp3) is 0.176. The topological polar surface area (TPSA) is 55.4 Å². The molecule has 0 aliphatic heterocycles. The molecule has 0 saturated heterocycles. The lowest BCUT2D eigenvalue weighted by Gasteiger charge is -2.15. The second-order valence-corrected chi connectivity index (χ2v) is 5.95. The minimum absolute atomic E-state index is 0.0383. The molecule has 0 fully saturated rings. The zero-order chi connectivity index (χ0) is 18.6. The number of carbonyl (C=O) groups excluding carboxylic acids is 2. The molecular formula is C17H13BrF3NO3. The molecule has 1 amide bonds. The molecule has 0 aromatic heterocycles. The van der Waals surface area contributed by atoms with Gasteiger partial charge >= 0.3 is 12.1 Å². The smallest absolute Gasteiger partial charge is 0.416 e. The Balaban J connectivity index is 2.04. The number of hydrogen-bond acceptors (Lipinski definition) is 3. The molecule has 0 aliphatic carbocycles. The van der Waals surface area contributed by atoms with E-state index < -0.39 is 29.7 Å². The molecule has 2 aromatic rings. The number of ether oxygens (including phenoxy) is 1. The van der Waals surface area contributed by atoms with Crippen LogP contribution in [0, 0.1) is 0 Å². The van der Waals surface area contributed by atoms with Gasteiger partial charge in [0.05, 0.1) is 11.1 Å². The fourth-order valence-electron chi connectivity index (χ4n) is 1.92. The molecule has 132 valence electrons. The van der Waals surface area contributed by atoms with E-state index in [2.05, 4.69) is 21.2 Å². The first-order valence-corrected chi connectivity index (χ1v) is 7.91. The molecule has 1 N–H and O–H groups in total. The van der Waals surface area contributed by atoms with E-state index in [9.17, 15) is 22.8 Å². The fourth-order valence-corrected chi connectivity index (χ4v) is 2.37. The Morgan fingerprint density at radius 2 is 1.80 bits per heavy atom. The van der Waals surface area contributed by atoms with Gasteiger partial charge in [0, 0.05) is 10.2 Å². The lowest BCUT2D eigenvalue weighted by Crippen LogP contribution is -2.30. The van der Waals surface area contributed by atoms with Crippen LogP contribution in [-0.2, 0) is 15.7 Å². The number of anilines is 1. The van der Waals surface area contributed by atoms with E-state index in [-0.39, 0.29) is 11.3 Å². The summed E-state index contributed by atoms with van der Waals surface area (Å²) in [5.74, 6) is -1.46. The molecule has 2 aromatic carbocycles. The number of halogens is 4. The number of esters is 1. The Bertz CT molecular complexity index is 793. The molecule has 1 unspecified atom stereocenters. The average Bonchev–Trinajstić information content (AvgIpc) is 2.54. The summed E-state index contributed by atoms with van der Waals surface area (Å²) in [4.78, 5) is 24.1. The molecule has 0 aliphatic rings. The Morgan fingerprint density at radius 3 is 2.44 bits per heavy atom. The number of amides is 1. The van der Waals surface area contributed by atoms with E-state index in [0.29, 0.717) is 4.47 Å². The lowest BCUT2D eigenvalue weighted by atomic mass is 10.2. The van der Waals surface area contributed by atoms with Crippen molar-refractivity contribution in [3.63, 3.8) is 0 Å². The summed E-state index contributed by atoms with van der Waals surface area (Å²) in [6.07, 6.45) is -5.70. The number of nitrogens with one attached hydrogen (secondary N) is 1. The minimum Gasteiger partial charge on any atom is -0.449 e. The summed E-state index contributed by atoms with van der Waals surface area (Å²) >= 11 is 3.20. The number of carbonyl (C=O) groups is 2. The Morgan fingerprint density at radius 1 is 1.12 bits per heavy atom. The molecule has 0 spiro atoms. The quantitative estimate of drug-likeness (QED) is 0.739. The van der Waals surface area contributed by atoms with Gasteiger partial charge < -0.3 is 10.1 Å². The second-order valence-electron chi connectivity index (χ2n) is 5.10. The zero-order valence-corrected chi connectivity index (χ0v) is 14.5. The number of hydrogen-bond donors (Lipinski definition) is 1. The third kappa shape index (κ3) is 5.06. The Labute approximate surface area is 150 Å². The van der Waals surface area contributed by atoms with Gasteiger partial charge in [0.2, 0.25) is 0 Å². The van der Waals surface area contributed by atoms with Gasteiger partial charge in [-0.1, -0.05) is 18.2 Å². The first-order chi connectivity index (χ1) is 11.7. The van der Waals surface area contributed by atoms with E-state index in [1.165, 1.54) is 25.1 Å². The first kappa shape index (κ1) is 19.0. The van der Waals surface area contributed by atoms with Gasteiger partial charge in [0.25, 0.3) is 5.91 Å². The standard InChI is InChI=1S/C17H13BrF3NO3/c1-10(25-16(24)13-7-2-3-8-14(13)18)15(23)22-12-6-4-5-11(9-12)17(19,20)21/h2-10H,1H3,(H,22,23). The zero-order valence-electron chi connectivity index (χ0n) is 12.9. The third-order valence-corrected chi connectivity index (χ3v) is 3.90. The van der Waals surface area contributed by atoms with Crippen LogP contribution in [0.3, 0.4) is 0 Å². The van der Waals surface area contributed by atoms with Gasteiger partial charge in [-0.15, -0.1) is 0 Å². The maximum atomic E-state index is 12.7. The van der Waals surface area contributed by atoms with E-state index in [1.54, 1.807) is 18.2 Å². The Kier molecular flexibility index (Phi) is 5.84. The molecule has 1 atom stereocenters. The van der Waals surface area contributed by atoms with Crippen molar-refractivity contribution in [3.05, 3.63) is 64.1 Å². The highest BCUT2D eigenvalue weighted by molar-refractivity contribution is 9.10. The molecule has 2 rings (SSSR count). The average molecular weight is 416 g/mol. The van der Waals surface area contributed by atoms with Crippen molar-refractivity contribution in [1.29, 1.82) is 0 Å². The van der Waals surface area contributed by atoms with Crippen molar-refractivity contribution in [3.8, 4) is 0 Å².